The number of carbonyl (C=O) groups is 1. The van der Waals surface area contributed by atoms with Gasteiger partial charge in [-0.1, -0.05) is 35.9 Å². The van der Waals surface area contributed by atoms with Gasteiger partial charge in [-0.15, -0.1) is 11.8 Å². The Morgan fingerprint density at radius 2 is 1.95 bits per heavy atom. The van der Waals surface area contributed by atoms with Crippen molar-refractivity contribution in [2.24, 2.45) is 0 Å². The summed E-state index contributed by atoms with van der Waals surface area (Å²) in [5.41, 5.74) is 3.34. The standard InChI is InChI=1S/C16H13ClOS/c17-12-4-1-3-11(9-12)10-19-16-6-2-5-13-14(16)7-8-15(13)18/h1-6,9H,7-8,10H2. The minimum absolute atomic E-state index is 0.278. The molecule has 3 rings (SSSR count). The van der Waals surface area contributed by atoms with Crippen LogP contribution in [0, 0.1) is 0 Å². The highest BCUT2D eigenvalue weighted by molar-refractivity contribution is 7.98. The molecule has 2 aromatic carbocycles. The van der Waals surface area contributed by atoms with Gasteiger partial charge in [-0.25, -0.2) is 0 Å². The van der Waals surface area contributed by atoms with E-state index in [0.29, 0.717) is 6.42 Å². The number of benzene rings is 2. The Labute approximate surface area is 122 Å². The molecule has 0 bridgehead atoms. The number of ketones is 1. The number of hydrogen-bond donors (Lipinski definition) is 0. The van der Waals surface area contributed by atoms with Gasteiger partial charge in [0.25, 0.3) is 0 Å². The highest BCUT2D eigenvalue weighted by atomic mass is 35.5. The maximum absolute atomic E-state index is 11.7. The molecule has 0 radical (unpaired) electrons. The van der Waals surface area contributed by atoms with Crippen LogP contribution in [0.4, 0.5) is 0 Å². The zero-order chi connectivity index (χ0) is 13.2. The Balaban J connectivity index is 1.80. The van der Waals surface area contributed by atoms with Crippen molar-refractivity contribution in [3.8, 4) is 0 Å². The fraction of sp³-hybridized carbons (Fsp3) is 0.188. The minimum Gasteiger partial charge on any atom is -0.294 e. The zero-order valence-electron chi connectivity index (χ0n) is 10.4. The predicted molar refractivity (Wildman–Crippen MR) is 80.1 cm³/mol. The molecule has 96 valence electrons. The molecular weight excluding hydrogens is 276 g/mol. The lowest BCUT2D eigenvalue weighted by Gasteiger charge is -2.07. The van der Waals surface area contributed by atoms with E-state index in [4.69, 9.17) is 11.6 Å². The molecule has 0 N–H and O–H groups in total. The summed E-state index contributed by atoms with van der Waals surface area (Å²) in [6.07, 6.45) is 1.54. The van der Waals surface area contributed by atoms with Gasteiger partial charge < -0.3 is 0 Å². The summed E-state index contributed by atoms with van der Waals surface area (Å²) in [7, 11) is 0. The molecule has 0 saturated heterocycles. The molecule has 19 heavy (non-hydrogen) atoms. The molecule has 0 saturated carbocycles. The van der Waals surface area contributed by atoms with Gasteiger partial charge in [0.15, 0.2) is 5.78 Å². The SMILES string of the molecule is O=C1CCc2c(SCc3cccc(Cl)c3)cccc21. The summed E-state index contributed by atoms with van der Waals surface area (Å²) in [5.74, 6) is 1.16. The molecule has 1 aliphatic carbocycles. The molecule has 0 heterocycles. The van der Waals surface area contributed by atoms with Gasteiger partial charge in [-0.3, -0.25) is 4.79 Å². The smallest absolute Gasteiger partial charge is 0.163 e. The first kappa shape index (κ1) is 12.8. The van der Waals surface area contributed by atoms with Gasteiger partial charge in [0.2, 0.25) is 0 Å². The molecule has 1 nitrogen and oxygen atoms in total. The zero-order valence-corrected chi connectivity index (χ0v) is 11.9. The van der Waals surface area contributed by atoms with E-state index < -0.39 is 0 Å². The number of thioether (sulfide) groups is 1. The summed E-state index contributed by atoms with van der Waals surface area (Å²) in [6, 6.07) is 13.9. The first-order valence-corrected chi connectivity index (χ1v) is 7.63. The Kier molecular flexibility index (Phi) is 3.63. The maximum atomic E-state index is 11.7. The van der Waals surface area contributed by atoms with Gasteiger partial charge in [-0.2, -0.15) is 0 Å². The minimum atomic E-state index is 0.278. The molecule has 0 spiro atoms. The molecule has 0 unspecified atom stereocenters. The van der Waals surface area contributed by atoms with Crippen molar-refractivity contribution in [3.63, 3.8) is 0 Å². The van der Waals surface area contributed by atoms with E-state index in [1.807, 2.05) is 30.3 Å². The average Bonchev–Trinajstić information content (AvgIpc) is 2.79. The van der Waals surface area contributed by atoms with Crippen LogP contribution in [0.1, 0.15) is 27.9 Å². The summed E-state index contributed by atoms with van der Waals surface area (Å²) in [6.45, 7) is 0. The number of halogens is 1. The monoisotopic (exact) mass is 288 g/mol. The van der Waals surface area contributed by atoms with Crippen LogP contribution in [0.25, 0.3) is 0 Å². The van der Waals surface area contributed by atoms with E-state index in [1.165, 1.54) is 16.0 Å². The molecule has 0 aromatic heterocycles. The lowest BCUT2D eigenvalue weighted by Crippen LogP contribution is -1.91. The van der Waals surface area contributed by atoms with E-state index in [9.17, 15) is 4.79 Å². The molecular formula is C16H13ClOS. The van der Waals surface area contributed by atoms with Crippen LogP contribution in [0.3, 0.4) is 0 Å². The van der Waals surface area contributed by atoms with Crippen LogP contribution >= 0.6 is 23.4 Å². The summed E-state index contributed by atoms with van der Waals surface area (Å²) in [5, 5.41) is 0.770. The number of hydrogen-bond acceptors (Lipinski definition) is 2. The van der Waals surface area contributed by atoms with Gasteiger partial charge >= 0.3 is 0 Å². The molecule has 0 fully saturated rings. The molecule has 3 heteroatoms. The second-order valence-electron chi connectivity index (χ2n) is 4.62. The van der Waals surface area contributed by atoms with Crippen LogP contribution in [-0.2, 0) is 12.2 Å². The third-order valence-corrected chi connectivity index (χ3v) is 4.73. The molecule has 0 amide bonds. The number of rotatable bonds is 3. The van der Waals surface area contributed by atoms with Crippen molar-refractivity contribution in [3.05, 3.63) is 64.2 Å². The predicted octanol–water partition coefficient (Wildman–Crippen LogP) is 4.76. The Hall–Kier alpha value is -1.25. The quantitative estimate of drug-likeness (QED) is 0.757. The van der Waals surface area contributed by atoms with Crippen molar-refractivity contribution < 1.29 is 4.79 Å². The Morgan fingerprint density at radius 1 is 1.11 bits per heavy atom. The van der Waals surface area contributed by atoms with Crippen molar-refractivity contribution in [2.45, 2.75) is 23.5 Å². The second-order valence-corrected chi connectivity index (χ2v) is 6.08. The third kappa shape index (κ3) is 2.70. The number of Topliss-reactive ketones (excluding diaryl/α,β-unsaturated/α-hetero) is 1. The maximum Gasteiger partial charge on any atom is 0.163 e. The van der Waals surface area contributed by atoms with E-state index in [0.717, 1.165) is 22.8 Å². The third-order valence-electron chi connectivity index (χ3n) is 3.32. The van der Waals surface area contributed by atoms with Crippen molar-refractivity contribution >= 4 is 29.1 Å². The first-order valence-electron chi connectivity index (χ1n) is 6.26. The average molecular weight is 289 g/mol. The number of carbonyl (C=O) groups excluding carboxylic acids is 1. The van der Waals surface area contributed by atoms with E-state index >= 15 is 0 Å². The topological polar surface area (TPSA) is 17.1 Å². The lowest BCUT2D eigenvalue weighted by molar-refractivity contribution is 0.0994. The Bertz CT molecular complexity index is 636. The van der Waals surface area contributed by atoms with E-state index in [-0.39, 0.29) is 5.78 Å². The lowest BCUT2D eigenvalue weighted by atomic mass is 10.1. The molecule has 0 atom stereocenters. The molecule has 0 aliphatic heterocycles. The molecule has 1 aliphatic rings. The molecule has 2 aromatic rings. The summed E-state index contributed by atoms with van der Waals surface area (Å²) < 4.78 is 0. The second kappa shape index (κ2) is 5.40. The van der Waals surface area contributed by atoms with Crippen LogP contribution in [0.15, 0.2) is 47.4 Å². The first-order chi connectivity index (χ1) is 9.24. The van der Waals surface area contributed by atoms with Crippen molar-refractivity contribution in [1.29, 1.82) is 0 Å². The van der Waals surface area contributed by atoms with E-state index in [2.05, 4.69) is 12.1 Å². The van der Waals surface area contributed by atoms with Crippen LogP contribution < -0.4 is 0 Å². The number of fused-ring (bicyclic) bond motifs is 1. The van der Waals surface area contributed by atoms with Crippen LogP contribution in [0.5, 0.6) is 0 Å². The van der Waals surface area contributed by atoms with E-state index in [1.54, 1.807) is 11.8 Å². The highest BCUT2D eigenvalue weighted by Crippen LogP contribution is 2.33. The fourth-order valence-electron chi connectivity index (χ4n) is 2.38. The van der Waals surface area contributed by atoms with Gasteiger partial charge in [0.05, 0.1) is 0 Å². The summed E-state index contributed by atoms with van der Waals surface area (Å²) in [4.78, 5) is 12.9. The van der Waals surface area contributed by atoms with Gasteiger partial charge in [0, 0.05) is 27.7 Å². The van der Waals surface area contributed by atoms with Gasteiger partial charge in [-0.05, 0) is 35.7 Å². The summed E-state index contributed by atoms with van der Waals surface area (Å²) >= 11 is 7.76. The highest BCUT2D eigenvalue weighted by Gasteiger charge is 2.21. The Morgan fingerprint density at radius 3 is 2.79 bits per heavy atom. The van der Waals surface area contributed by atoms with Crippen molar-refractivity contribution in [1.82, 2.24) is 0 Å². The largest absolute Gasteiger partial charge is 0.294 e. The van der Waals surface area contributed by atoms with Gasteiger partial charge in [0.1, 0.15) is 0 Å². The van der Waals surface area contributed by atoms with Crippen molar-refractivity contribution in [2.75, 3.05) is 0 Å². The van der Waals surface area contributed by atoms with Crippen LogP contribution in [-0.4, -0.2) is 5.78 Å². The fourth-order valence-corrected chi connectivity index (χ4v) is 3.66. The van der Waals surface area contributed by atoms with Crippen LogP contribution in [0.2, 0.25) is 5.02 Å². The normalized spacial score (nSPS) is 13.6.